The topological polar surface area (TPSA) is 91.2 Å². The van der Waals surface area contributed by atoms with Crippen molar-refractivity contribution < 1.29 is 14.3 Å². The van der Waals surface area contributed by atoms with Gasteiger partial charge in [-0.3, -0.25) is 10.00 Å². The molecule has 1 amide bonds. The molecule has 0 aliphatic carbocycles. The van der Waals surface area contributed by atoms with Crippen molar-refractivity contribution in [1.29, 1.82) is 0 Å². The fourth-order valence-corrected chi connectivity index (χ4v) is 3.20. The molecule has 0 unspecified atom stereocenters. The molecule has 4 rings (SSSR count). The number of rotatable bonds is 4. The molecule has 4 aromatic rings. The number of aryl methyl sites for hydroxylation is 1. The van der Waals surface area contributed by atoms with Gasteiger partial charge in [0.2, 0.25) is 0 Å². The molecule has 0 bridgehead atoms. The van der Waals surface area contributed by atoms with E-state index in [1.807, 2.05) is 43.6 Å². The van der Waals surface area contributed by atoms with Crippen LogP contribution < -0.4 is 10.1 Å². The zero-order valence-electron chi connectivity index (χ0n) is 16.2. The standard InChI is InChI=1S/C21H19N5O3/c1-26-11-15(19(25-26)13-7-5-4-6-8-13)20-14-9-17(24-21(27)29-3)18(28-2)10-16(14)22-12-23-20/h4-12H,1-3H3,(H,24,27). The zero-order valence-corrected chi connectivity index (χ0v) is 16.2. The third-order valence-electron chi connectivity index (χ3n) is 4.51. The van der Waals surface area contributed by atoms with Gasteiger partial charge in [0, 0.05) is 35.8 Å². The molecule has 0 fully saturated rings. The summed E-state index contributed by atoms with van der Waals surface area (Å²) in [6, 6.07) is 13.4. The number of anilines is 1. The van der Waals surface area contributed by atoms with Gasteiger partial charge in [-0.15, -0.1) is 0 Å². The molecule has 8 heteroatoms. The Hall–Kier alpha value is -3.94. The number of hydrogen-bond donors (Lipinski definition) is 1. The number of nitrogens with zero attached hydrogens (tertiary/aromatic N) is 4. The Morgan fingerprint density at radius 1 is 1.07 bits per heavy atom. The van der Waals surface area contributed by atoms with Gasteiger partial charge in [0.05, 0.1) is 31.1 Å². The minimum absolute atomic E-state index is 0.466. The molecule has 0 spiro atoms. The largest absolute Gasteiger partial charge is 0.494 e. The average molecular weight is 389 g/mol. The van der Waals surface area contributed by atoms with Gasteiger partial charge in [-0.05, 0) is 6.07 Å². The molecular weight excluding hydrogens is 370 g/mol. The smallest absolute Gasteiger partial charge is 0.411 e. The number of nitrogens with one attached hydrogen (secondary N) is 1. The molecule has 0 radical (unpaired) electrons. The Kier molecular flexibility index (Phi) is 4.82. The van der Waals surface area contributed by atoms with Crippen LogP contribution in [0.3, 0.4) is 0 Å². The van der Waals surface area contributed by atoms with Crippen LogP contribution in [-0.4, -0.2) is 40.1 Å². The number of amides is 1. The summed E-state index contributed by atoms with van der Waals surface area (Å²) in [4.78, 5) is 20.6. The summed E-state index contributed by atoms with van der Waals surface area (Å²) >= 11 is 0. The van der Waals surface area contributed by atoms with E-state index in [2.05, 4.69) is 20.4 Å². The Labute approximate surface area is 167 Å². The number of aromatic nitrogens is 4. The van der Waals surface area contributed by atoms with Crippen LogP contribution in [0.15, 0.2) is 55.0 Å². The second-order valence-corrected chi connectivity index (χ2v) is 6.34. The van der Waals surface area contributed by atoms with E-state index in [0.29, 0.717) is 22.6 Å². The van der Waals surface area contributed by atoms with Gasteiger partial charge in [-0.2, -0.15) is 5.10 Å². The lowest BCUT2D eigenvalue weighted by molar-refractivity contribution is 0.187. The van der Waals surface area contributed by atoms with Gasteiger partial charge in [0.1, 0.15) is 17.8 Å². The highest BCUT2D eigenvalue weighted by Crippen LogP contribution is 2.37. The molecule has 0 aliphatic rings. The number of methoxy groups -OCH3 is 2. The van der Waals surface area contributed by atoms with Crippen LogP contribution in [0.25, 0.3) is 33.4 Å². The molecule has 0 aliphatic heterocycles. The molecule has 0 saturated carbocycles. The van der Waals surface area contributed by atoms with Crippen LogP contribution in [-0.2, 0) is 11.8 Å². The van der Waals surface area contributed by atoms with E-state index in [9.17, 15) is 4.79 Å². The van der Waals surface area contributed by atoms with Crippen LogP contribution in [0.5, 0.6) is 5.75 Å². The van der Waals surface area contributed by atoms with Crippen molar-refractivity contribution in [2.45, 2.75) is 0 Å². The van der Waals surface area contributed by atoms with E-state index in [0.717, 1.165) is 22.2 Å². The summed E-state index contributed by atoms with van der Waals surface area (Å²) < 4.78 is 11.9. The maximum Gasteiger partial charge on any atom is 0.411 e. The summed E-state index contributed by atoms with van der Waals surface area (Å²) in [5, 5.41) is 8.05. The van der Waals surface area contributed by atoms with Gasteiger partial charge < -0.3 is 9.47 Å². The van der Waals surface area contributed by atoms with Crippen molar-refractivity contribution in [3.63, 3.8) is 0 Å². The molecule has 2 aromatic heterocycles. The first-order chi connectivity index (χ1) is 14.1. The highest BCUT2D eigenvalue weighted by atomic mass is 16.5. The lowest BCUT2D eigenvalue weighted by Crippen LogP contribution is -2.12. The van der Waals surface area contributed by atoms with Crippen LogP contribution in [0.4, 0.5) is 10.5 Å². The van der Waals surface area contributed by atoms with E-state index in [1.165, 1.54) is 20.5 Å². The van der Waals surface area contributed by atoms with Crippen molar-refractivity contribution in [2.24, 2.45) is 7.05 Å². The monoisotopic (exact) mass is 389 g/mol. The molecule has 29 heavy (non-hydrogen) atoms. The Morgan fingerprint density at radius 2 is 1.86 bits per heavy atom. The second kappa shape index (κ2) is 7.59. The molecule has 2 heterocycles. The summed E-state index contributed by atoms with van der Waals surface area (Å²) in [6.45, 7) is 0. The van der Waals surface area contributed by atoms with Crippen molar-refractivity contribution in [3.05, 3.63) is 55.0 Å². The van der Waals surface area contributed by atoms with Gasteiger partial charge in [0.15, 0.2) is 0 Å². The third-order valence-corrected chi connectivity index (χ3v) is 4.51. The predicted octanol–water partition coefficient (Wildman–Crippen LogP) is 3.88. The quantitative estimate of drug-likeness (QED) is 0.569. The number of hydrogen-bond acceptors (Lipinski definition) is 6. The Bertz CT molecular complexity index is 1190. The maximum atomic E-state index is 11.7. The average Bonchev–Trinajstić information content (AvgIpc) is 3.14. The molecule has 0 saturated heterocycles. The highest BCUT2D eigenvalue weighted by molar-refractivity contribution is 6.00. The first-order valence-electron chi connectivity index (χ1n) is 8.88. The number of carbonyl (C=O) groups is 1. The van der Waals surface area contributed by atoms with Gasteiger partial charge >= 0.3 is 6.09 Å². The minimum Gasteiger partial charge on any atom is -0.494 e. The number of carbonyl (C=O) groups excluding carboxylic acids is 1. The van der Waals surface area contributed by atoms with Crippen LogP contribution in [0.1, 0.15) is 0 Å². The fourth-order valence-electron chi connectivity index (χ4n) is 3.20. The van der Waals surface area contributed by atoms with E-state index in [-0.39, 0.29) is 0 Å². The molecule has 146 valence electrons. The fraction of sp³-hybridized carbons (Fsp3) is 0.143. The first-order valence-corrected chi connectivity index (χ1v) is 8.88. The Morgan fingerprint density at radius 3 is 2.59 bits per heavy atom. The molecule has 1 N–H and O–H groups in total. The van der Waals surface area contributed by atoms with E-state index in [4.69, 9.17) is 9.47 Å². The lowest BCUT2D eigenvalue weighted by Gasteiger charge is -2.12. The molecule has 0 atom stereocenters. The van der Waals surface area contributed by atoms with Crippen LogP contribution in [0.2, 0.25) is 0 Å². The summed E-state index contributed by atoms with van der Waals surface area (Å²) in [6.07, 6.45) is 2.83. The maximum absolute atomic E-state index is 11.7. The van der Waals surface area contributed by atoms with Crippen molar-refractivity contribution in [1.82, 2.24) is 19.7 Å². The second-order valence-electron chi connectivity index (χ2n) is 6.34. The minimum atomic E-state index is -0.590. The lowest BCUT2D eigenvalue weighted by atomic mass is 10.0. The summed E-state index contributed by atoms with van der Waals surface area (Å²) in [7, 11) is 4.70. The molecular formula is C21H19N5O3. The van der Waals surface area contributed by atoms with Gasteiger partial charge in [-0.25, -0.2) is 14.8 Å². The summed E-state index contributed by atoms with van der Waals surface area (Å²) in [5.41, 5.74) is 4.51. The number of ether oxygens (including phenoxy) is 2. The van der Waals surface area contributed by atoms with E-state index >= 15 is 0 Å². The van der Waals surface area contributed by atoms with E-state index in [1.54, 1.807) is 16.8 Å². The summed E-state index contributed by atoms with van der Waals surface area (Å²) in [5.74, 6) is 0.474. The molecule has 2 aromatic carbocycles. The third kappa shape index (κ3) is 3.47. The molecule has 8 nitrogen and oxygen atoms in total. The van der Waals surface area contributed by atoms with Crippen molar-refractivity contribution in [2.75, 3.05) is 19.5 Å². The highest BCUT2D eigenvalue weighted by Gasteiger charge is 2.18. The first kappa shape index (κ1) is 18.4. The number of fused-ring (bicyclic) bond motifs is 1. The Balaban J connectivity index is 1.94. The van der Waals surface area contributed by atoms with Gasteiger partial charge in [0.25, 0.3) is 0 Å². The van der Waals surface area contributed by atoms with Crippen molar-refractivity contribution >= 4 is 22.7 Å². The number of benzene rings is 2. The zero-order chi connectivity index (χ0) is 20.4. The van der Waals surface area contributed by atoms with Crippen LogP contribution in [0, 0.1) is 0 Å². The normalized spacial score (nSPS) is 10.7. The SMILES string of the molecule is COC(=O)Nc1cc2c(-c3cn(C)nc3-c3ccccc3)ncnc2cc1OC. The predicted molar refractivity (Wildman–Crippen MR) is 110 cm³/mol. The van der Waals surface area contributed by atoms with E-state index < -0.39 is 6.09 Å². The van der Waals surface area contributed by atoms with Crippen molar-refractivity contribution in [3.8, 4) is 28.3 Å². The van der Waals surface area contributed by atoms with Crippen LogP contribution >= 0.6 is 0 Å². The van der Waals surface area contributed by atoms with Gasteiger partial charge in [-0.1, -0.05) is 30.3 Å².